The topological polar surface area (TPSA) is 83.8 Å². The van der Waals surface area contributed by atoms with Crippen molar-refractivity contribution in [1.82, 2.24) is 0 Å². The van der Waals surface area contributed by atoms with Crippen LogP contribution in [0.3, 0.4) is 0 Å². The van der Waals surface area contributed by atoms with Crippen molar-refractivity contribution in [1.29, 1.82) is 0 Å². The molecule has 5 nitrogen and oxygen atoms in total. The molecule has 0 spiro atoms. The molecule has 1 atom stereocenters. The Hall–Kier alpha value is -0.370. The number of rotatable bonds is 4. The van der Waals surface area contributed by atoms with E-state index in [-0.39, 0.29) is 6.61 Å². The zero-order valence-electron chi connectivity index (χ0n) is 6.41. The molecule has 6 heteroatoms. The van der Waals surface area contributed by atoms with Crippen LogP contribution in [0, 0.1) is 5.41 Å². The van der Waals surface area contributed by atoms with Crippen molar-refractivity contribution in [3.63, 3.8) is 0 Å². The van der Waals surface area contributed by atoms with E-state index in [1.165, 1.54) is 29.5 Å². The van der Waals surface area contributed by atoms with Crippen LogP contribution in [0.4, 0.5) is 4.79 Å². The second kappa shape index (κ2) is 4.61. The van der Waals surface area contributed by atoms with E-state index in [2.05, 4.69) is 4.74 Å². The van der Waals surface area contributed by atoms with Gasteiger partial charge in [-0.1, -0.05) is 0 Å². The standard InChI is InChI=1S/C6H9IO5/c1-6(2-8,4(9)10)3-12-5(7)11/h8H,2-3H2,1H3,(H,9,10). The van der Waals surface area contributed by atoms with Crippen LogP contribution in [0.2, 0.25) is 0 Å². The van der Waals surface area contributed by atoms with Crippen LogP contribution in [-0.4, -0.2) is 33.4 Å². The van der Waals surface area contributed by atoms with Gasteiger partial charge < -0.3 is 14.9 Å². The zero-order valence-corrected chi connectivity index (χ0v) is 8.57. The number of carbonyl (C=O) groups excluding carboxylic acids is 1. The fraction of sp³-hybridized carbons (Fsp3) is 0.667. The predicted molar refractivity (Wildman–Crippen MR) is 48.2 cm³/mol. The first-order valence-corrected chi connectivity index (χ1v) is 4.17. The normalized spacial score (nSPS) is 14.9. The number of aliphatic hydroxyl groups excluding tert-OH is 1. The molecule has 0 aromatic heterocycles. The molecular weight excluding hydrogens is 279 g/mol. The number of aliphatic carboxylic acids is 1. The predicted octanol–water partition coefficient (Wildman–Crippen LogP) is 0.641. The van der Waals surface area contributed by atoms with Crippen molar-refractivity contribution in [3.8, 4) is 0 Å². The molecule has 0 saturated heterocycles. The lowest BCUT2D eigenvalue weighted by atomic mass is 9.93. The largest absolute Gasteiger partial charge is 0.481 e. The molecule has 0 aliphatic carbocycles. The van der Waals surface area contributed by atoms with Gasteiger partial charge >= 0.3 is 9.95 Å². The van der Waals surface area contributed by atoms with Crippen LogP contribution in [0.15, 0.2) is 0 Å². The van der Waals surface area contributed by atoms with Crippen LogP contribution in [0.5, 0.6) is 0 Å². The van der Waals surface area contributed by atoms with Gasteiger partial charge in [0.1, 0.15) is 12.0 Å². The van der Waals surface area contributed by atoms with Gasteiger partial charge in [-0.3, -0.25) is 4.79 Å². The molecule has 0 aromatic carbocycles. The van der Waals surface area contributed by atoms with Crippen molar-refractivity contribution in [2.24, 2.45) is 5.41 Å². The average molecular weight is 288 g/mol. The quantitative estimate of drug-likeness (QED) is 0.586. The summed E-state index contributed by atoms with van der Waals surface area (Å²) in [7, 11) is 0. The van der Waals surface area contributed by atoms with Gasteiger partial charge in [-0.25, -0.2) is 4.79 Å². The van der Waals surface area contributed by atoms with Gasteiger partial charge in [0.2, 0.25) is 0 Å². The average Bonchev–Trinajstić information content (AvgIpc) is 1.99. The van der Waals surface area contributed by atoms with Crippen LogP contribution >= 0.6 is 22.6 Å². The second-order valence-corrected chi connectivity index (χ2v) is 3.43. The molecule has 12 heavy (non-hydrogen) atoms. The fourth-order valence-corrected chi connectivity index (χ4v) is 0.547. The summed E-state index contributed by atoms with van der Waals surface area (Å²) in [5.41, 5.74) is -1.40. The summed E-state index contributed by atoms with van der Waals surface area (Å²) in [5.74, 6) is -1.19. The monoisotopic (exact) mass is 288 g/mol. The molecule has 0 aliphatic heterocycles. The Bertz CT molecular complexity index is 192. The van der Waals surface area contributed by atoms with Crippen molar-refractivity contribution >= 4 is 32.5 Å². The minimum absolute atomic E-state index is 0.319. The Balaban J connectivity index is 4.15. The highest BCUT2D eigenvalue weighted by atomic mass is 127. The lowest BCUT2D eigenvalue weighted by Gasteiger charge is -2.20. The third kappa shape index (κ3) is 3.35. The Morgan fingerprint density at radius 1 is 1.58 bits per heavy atom. The summed E-state index contributed by atoms with van der Waals surface area (Å²) in [6, 6.07) is 0. The Kier molecular flexibility index (Phi) is 4.46. The third-order valence-electron chi connectivity index (χ3n) is 1.37. The molecule has 0 rings (SSSR count). The van der Waals surface area contributed by atoms with Crippen molar-refractivity contribution in [2.45, 2.75) is 6.92 Å². The van der Waals surface area contributed by atoms with Gasteiger partial charge in [-0.05, 0) is 6.92 Å². The van der Waals surface area contributed by atoms with E-state index in [9.17, 15) is 9.59 Å². The Morgan fingerprint density at radius 3 is 2.33 bits per heavy atom. The highest BCUT2D eigenvalue weighted by Gasteiger charge is 2.33. The van der Waals surface area contributed by atoms with Crippen LogP contribution in [0.25, 0.3) is 0 Å². The minimum atomic E-state index is -1.40. The number of carboxylic acids is 1. The zero-order chi connectivity index (χ0) is 9.78. The number of carboxylic acid groups (broad SMARTS) is 1. The summed E-state index contributed by atoms with van der Waals surface area (Å²) >= 11 is 1.39. The van der Waals surface area contributed by atoms with Crippen molar-refractivity contribution in [3.05, 3.63) is 0 Å². The van der Waals surface area contributed by atoms with E-state index >= 15 is 0 Å². The Morgan fingerprint density at radius 2 is 2.08 bits per heavy atom. The summed E-state index contributed by atoms with van der Waals surface area (Å²) in [6.07, 6.45) is 0. The van der Waals surface area contributed by atoms with E-state index < -0.39 is 22.0 Å². The number of carbonyl (C=O) groups is 2. The summed E-state index contributed by atoms with van der Waals surface area (Å²) < 4.78 is 3.88. The van der Waals surface area contributed by atoms with E-state index in [4.69, 9.17) is 10.2 Å². The number of halogens is 1. The van der Waals surface area contributed by atoms with E-state index in [1.54, 1.807) is 0 Å². The van der Waals surface area contributed by atoms with Crippen LogP contribution < -0.4 is 0 Å². The molecule has 0 heterocycles. The number of ether oxygens (including phenoxy) is 1. The minimum Gasteiger partial charge on any atom is -0.481 e. The highest BCUT2D eigenvalue weighted by Crippen LogP contribution is 2.16. The molecule has 0 amide bonds. The summed E-state index contributed by atoms with van der Waals surface area (Å²) in [6.45, 7) is 0.418. The number of hydrogen-bond acceptors (Lipinski definition) is 4. The first-order valence-electron chi connectivity index (χ1n) is 3.09. The smallest absolute Gasteiger partial charge is 0.367 e. The van der Waals surface area contributed by atoms with Crippen molar-refractivity contribution < 1.29 is 24.5 Å². The molecular formula is C6H9IO5. The highest BCUT2D eigenvalue weighted by molar-refractivity contribution is 14.1. The lowest BCUT2D eigenvalue weighted by molar-refractivity contribution is -0.152. The molecule has 0 aliphatic rings. The lowest BCUT2D eigenvalue weighted by Crippen LogP contribution is -2.36. The van der Waals surface area contributed by atoms with Crippen LogP contribution in [-0.2, 0) is 9.53 Å². The van der Waals surface area contributed by atoms with Crippen LogP contribution in [0.1, 0.15) is 6.92 Å². The molecule has 0 fully saturated rings. The number of hydrogen-bond donors (Lipinski definition) is 2. The number of aliphatic hydroxyl groups is 1. The molecule has 70 valence electrons. The molecule has 2 N–H and O–H groups in total. The molecule has 0 saturated carbocycles. The molecule has 0 bridgehead atoms. The van der Waals surface area contributed by atoms with Gasteiger partial charge in [-0.2, -0.15) is 0 Å². The Labute approximate surface area is 82.9 Å². The maximum atomic E-state index is 10.5. The van der Waals surface area contributed by atoms with E-state index in [1.807, 2.05) is 0 Å². The maximum Gasteiger partial charge on any atom is 0.367 e. The SMILES string of the molecule is CC(CO)(COC(=O)I)C(=O)O. The summed E-state index contributed by atoms with van der Waals surface area (Å²) in [4.78, 5) is 20.8. The van der Waals surface area contributed by atoms with Gasteiger partial charge in [0.05, 0.1) is 29.2 Å². The van der Waals surface area contributed by atoms with E-state index in [0.717, 1.165) is 0 Å². The first-order chi connectivity index (χ1) is 5.42. The first kappa shape index (κ1) is 11.6. The van der Waals surface area contributed by atoms with E-state index in [0.29, 0.717) is 0 Å². The maximum absolute atomic E-state index is 10.5. The van der Waals surface area contributed by atoms with Gasteiger partial charge in [-0.15, -0.1) is 0 Å². The molecule has 0 aromatic rings. The van der Waals surface area contributed by atoms with Gasteiger partial charge in [0, 0.05) is 0 Å². The molecule has 1 unspecified atom stereocenters. The molecule has 0 radical (unpaired) electrons. The van der Waals surface area contributed by atoms with Gasteiger partial charge in [0.25, 0.3) is 0 Å². The van der Waals surface area contributed by atoms with Crippen molar-refractivity contribution in [2.75, 3.05) is 13.2 Å². The summed E-state index contributed by atoms with van der Waals surface area (Å²) in [5, 5.41) is 17.3. The second-order valence-electron chi connectivity index (χ2n) is 2.55. The third-order valence-corrected chi connectivity index (χ3v) is 1.68. The fourth-order valence-electron chi connectivity index (χ4n) is 0.391. The van der Waals surface area contributed by atoms with Gasteiger partial charge in [0.15, 0.2) is 0 Å².